The molecule has 0 fully saturated rings. The molecule has 2 amide bonds. The summed E-state index contributed by atoms with van der Waals surface area (Å²) in [6.45, 7) is 0. The first kappa shape index (κ1) is 14.6. The zero-order valence-electron chi connectivity index (χ0n) is 11.0. The van der Waals surface area contributed by atoms with Gasteiger partial charge in [-0.25, -0.2) is 4.79 Å². The second kappa shape index (κ2) is 7.13. The fraction of sp³-hybridized carbons (Fsp3) is 0. The number of nitriles is 1. The molecule has 0 atom stereocenters. The molecular formula is C16H12ClN3O. The van der Waals surface area contributed by atoms with Gasteiger partial charge in [-0.15, -0.1) is 0 Å². The molecule has 5 heteroatoms. The van der Waals surface area contributed by atoms with E-state index in [1.807, 2.05) is 18.2 Å². The van der Waals surface area contributed by atoms with Crippen LogP contribution in [0.2, 0.25) is 5.02 Å². The van der Waals surface area contributed by atoms with Crippen molar-refractivity contribution in [1.29, 1.82) is 5.26 Å². The molecule has 2 aromatic rings. The van der Waals surface area contributed by atoms with Crippen molar-refractivity contribution in [2.24, 2.45) is 0 Å². The molecule has 0 spiro atoms. The van der Waals surface area contributed by atoms with Gasteiger partial charge in [-0.05, 0) is 48.0 Å². The summed E-state index contributed by atoms with van der Waals surface area (Å²) in [7, 11) is 0. The van der Waals surface area contributed by atoms with Gasteiger partial charge in [0.1, 0.15) is 0 Å². The summed E-state index contributed by atoms with van der Waals surface area (Å²) in [5, 5.41) is 14.6. The predicted molar refractivity (Wildman–Crippen MR) is 83.8 cm³/mol. The van der Waals surface area contributed by atoms with Crippen LogP contribution in [-0.2, 0) is 0 Å². The fourth-order valence-corrected chi connectivity index (χ4v) is 1.82. The van der Waals surface area contributed by atoms with Gasteiger partial charge in [-0.1, -0.05) is 23.7 Å². The molecule has 0 unspecified atom stereocenters. The van der Waals surface area contributed by atoms with E-state index in [0.717, 1.165) is 5.56 Å². The van der Waals surface area contributed by atoms with E-state index in [4.69, 9.17) is 16.9 Å². The van der Waals surface area contributed by atoms with Gasteiger partial charge in [0, 0.05) is 16.9 Å². The standard InChI is InChI=1S/C16H12ClN3O/c17-14-3-1-2-12(10-14)8-9-19-16(21)20-15-6-4-13(11-18)5-7-15/h1-10H,(H2,19,20,21)/b9-8+. The van der Waals surface area contributed by atoms with E-state index in [-0.39, 0.29) is 6.03 Å². The van der Waals surface area contributed by atoms with Crippen molar-refractivity contribution in [2.75, 3.05) is 5.32 Å². The first-order valence-corrected chi connectivity index (χ1v) is 6.55. The minimum atomic E-state index is -0.363. The normalized spacial score (nSPS) is 10.1. The number of amides is 2. The van der Waals surface area contributed by atoms with Crippen LogP contribution in [0.1, 0.15) is 11.1 Å². The van der Waals surface area contributed by atoms with Crippen LogP contribution in [-0.4, -0.2) is 6.03 Å². The Kier molecular flexibility index (Phi) is 4.97. The van der Waals surface area contributed by atoms with Gasteiger partial charge >= 0.3 is 6.03 Å². The van der Waals surface area contributed by atoms with Gasteiger partial charge in [-0.2, -0.15) is 5.26 Å². The Balaban J connectivity index is 1.88. The van der Waals surface area contributed by atoms with Gasteiger partial charge < -0.3 is 10.6 Å². The molecule has 0 aliphatic rings. The summed E-state index contributed by atoms with van der Waals surface area (Å²) in [5.74, 6) is 0. The van der Waals surface area contributed by atoms with E-state index in [0.29, 0.717) is 16.3 Å². The van der Waals surface area contributed by atoms with E-state index in [1.54, 1.807) is 42.5 Å². The summed E-state index contributed by atoms with van der Waals surface area (Å²) >= 11 is 5.86. The highest BCUT2D eigenvalue weighted by molar-refractivity contribution is 6.30. The smallest absolute Gasteiger partial charge is 0.314 e. The molecule has 0 heterocycles. The van der Waals surface area contributed by atoms with E-state index >= 15 is 0 Å². The van der Waals surface area contributed by atoms with Crippen molar-refractivity contribution in [2.45, 2.75) is 0 Å². The largest absolute Gasteiger partial charge is 0.323 e. The topological polar surface area (TPSA) is 64.9 Å². The van der Waals surface area contributed by atoms with Crippen LogP contribution >= 0.6 is 11.6 Å². The van der Waals surface area contributed by atoms with Gasteiger partial charge in [0.25, 0.3) is 0 Å². The van der Waals surface area contributed by atoms with Crippen LogP contribution in [0.15, 0.2) is 54.7 Å². The lowest BCUT2D eigenvalue weighted by molar-refractivity contribution is 0.255. The number of nitrogens with one attached hydrogen (secondary N) is 2. The molecular weight excluding hydrogens is 286 g/mol. The van der Waals surface area contributed by atoms with Crippen LogP contribution in [0, 0.1) is 11.3 Å². The zero-order valence-corrected chi connectivity index (χ0v) is 11.8. The SMILES string of the molecule is N#Cc1ccc(NC(=O)N/C=C/c2cccc(Cl)c2)cc1. The summed E-state index contributed by atoms with van der Waals surface area (Å²) in [4.78, 5) is 11.7. The number of nitrogens with zero attached hydrogens (tertiary/aromatic N) is 1. The first-order chi connectivity index (χ1) is 10.2. The zero-order chi connectivity index (χ0) is 15.1. The summed E-state index contributed by atoms with van der Waals surface area (Å²) in [5.41, 5.74) is 2.05. The number of urea groups is 1. The van der Waals surface area contributed by atoms with Gasteiger partial charge in [0.15, 0.2) is 0 Å². The highest BCUT2D eigenvalue weighted by atomic mass is 35.5. The summed E-state index contributed by atoms with van der Waals surface area (Å²) in [6, 6.07) is 15.5. The molecule has 4 nitrogen and oxygen atoms in total. The number of halogens is 1. The Labute approximate surface area is 127 Å². The molecule has 0 saturated carbocycles. The van der Waals surface area contributed by atoms with Crippen LogP contribution in [0.5, 0.6) is 0 Å². The fourth-order valence-electron chi connectivity index (χ4n) is 1.62. The quantitative estimate of drug-likeness (QED) is 0.899. The molecule has 104 valence electrons. The summed E-state index contributed by atoms with van der Waals surface area (Å²) in [6.07, 6.45) is 3.27. The molecule has 0 saturated heterocycles. The average molecular weight is 298 g/mol. The first-order valence-electron chi connectivity index (χ1n) is 6.17. The van der Waals surface area contributed by atoms with Crippen molar-refractivity contribution in [3.63, 3.8) is 0 Å². The number of hydrogen-bond donors (Lipinski definition) is 2. The van der Waals surface area contributed by atoms with Crippen molar-refractivity contribution in [3.8, 4) is 6.07 Å². The molecule has 21 heavy (non-hydrogen) atoms. The molecule has 2 N–H and O–H groups in total. The average Bonchev–Trinajstić information content (AvgIpc) is 2.48. The van der Waals surface area contributed by atoms with E-state index in [1.165, 1.54) is 6.20 Å². The van der Waals surface area contributed by atoms with Gasteiger partial charge in [0.2, 0.25) is 0 Å². The molecule has 0 radical (unpaired) electrons. The van der Waals surface area contributed by atoms with Gasteiger partial charge in [-0.3, -0.25) is 0 Å². The maximum absolute atomic E-state index is 11.7. The predicted octanol–water partition coefficient (Wildman–Crippen LogP) is 4.00. The lowest BCUT2D eigenvalue weighted by Crippen LogP contribution is -2.23. The van der Waals surface area contributed by atoms with Crippen LogP contribution in [0.4, 0.5) is 10.5 Å². The van der Waals surface area contributed by atoms with E-state index < -0.39 is 0 Å². The maximum Gasteiger partial charge on any atom is 0.323 e. The number of rotatable bonds is 3. The van der Waals surface area contributed by atoms with Crippen LogP contribution < -0.4 is 10.6 Å². The number of carbonyl (C=O) groups excluding carboxylic acids is 1. The Morgan fingerprint density at radius 1 is 1.19 bits per heavy atom. The number of hydrogen-bond acceptors (Lipinski definition) is 2. The van der Waals surface area contributed by atoms with Crippen molar-refractivity contribution < 1.29 is 4.79 Å². The number of carbonyl (C=O) groups is 1. The lowest BCUT2D eigenvalue weighted by atomic mass is 10.2. The second-order valence-electron chi connectivity index (χ2n) is 4.18. The Morgan fingerprint density at radius 2 is 1.95 bits per heavy atom. The molecule has 0 aliphatic heterocycles. The molecule has 0 bridgehead atoms. The lowest BCUT2D eigenvalue weighted by Gasteiger charge is -2.04. The van der Waals surface area contributed by atoms with E-state index in [2.05, 4.69) is 10.6 Å². The van der Waals surface area contributed by atoms with Crippen LogP contribution in [0.25, 0.3) is 6.08 Å². The third kappa shape index (κ3) is 4.68. The van der Waals surface area contributed by atoms with Gasteiger partial charge in [0.05, 0.1) is 11.6 Å². The Hall–Kier alpha value is -2.77. The number of anilines is 1. The molecule has 0 aromatic heterocycles. The monoisotopic (exact) mass is 297 g/mol. The minimum Gasteiger partial charge on any atom is -0.314 e. The molecule has 2 rings (SSSR count). The minimum absolute atomic E-state index is 0.363. The highest BCUT2D eigenvalue weighted by Crippen LogP contribution is 2.11. The second-order valence-corrected chi connectivity index (χ2v) is 4.61. The van der Waals surface area contributed by atoms with Crippen molar-refractivity contribution in [3.05, 3.63) is 70.9 Å². The van der Waals surface area contributed by atoms with E-state index in [9.17, 15) is 4.79 Å². The Bertz CT molecular complexity index is 702. The Morgan fingerprint density at radius 3 is 2.62 bits per heavy atom. The number of benzene rings is 2. The third-order valence-corrected chi connectivity index (χ3v) is 2.85. The highest BCUT2D eigenvalue weighted by Gasteiger charge is 1.99. The summed E-state index contributed by atoms with van der Waals surface area (Å²) < 4.78 is 0. The van der Waals surface area contributed by atoms with Crippen molar-refractivity contribution >= 4 is 29.4 Å². The van der Waals surface area contributed by atoms with Crippen molar-refractivity contribution in [1.82, 2.24) is 5.32 Å². The van der Waals surface area contributed by atoms with Crippen LogP contribution in [0.3, 0.4) is 0 Å². The molecule has 0 aliphatic carbocycles. The maximum atomic E-state index is 11.7. The molecule has 2 aromatic carbocycles. The third-order valence-electron chi connectivity index (χ3n) is 2.61.